The molecule has 1 rings (SSSR count). The molecule has 0 aliphatic carbocycles. The van der Waals surface area contributed by atoms with Gasteiger partial charge in [0.2, 0.25) is 0 Å². The van der Waals surface area contributed by atoms with Crippen molar-refractivity contribution in [3.63, 3.8) is 0 Å². The molecule has 0 aliphatic heterocycles. The van der Waals surface area contributed by atoms with Crippen molar-refractivity contribution in [3.05, 3.63) is 18.2 Å². The summed E-state index contributed by atoms with van der Waals surface area (Å²) in [6.07, 6.45) is 22.7. The molecule has 0 saturated heterocycles. The van der Waals surface area contributed by atoms with Crippen LogP contribution in [0, 0.1) is 0 Å². The standard InChI is InChI=1S/C24H47N2/c1-6-8-10-11-12-13-14-15-16-18-23(5)26-21-20-25(19-17-9-7-2)24(26)22(3)4/h20-23H,6-19H2,1-5H3/q+1. The molecular formula is C24H47N2+. The number of imidazole rings is 1. The molecule has 0 spiro atoms. The molecule has 2 heteroatoms. The van der Waals surface area contributed by atoms with E-state index in [9.17, 15) is 0 Å². The van der Waals surface area contributed by atoms with Crippen LogP contribution in [-0.2, 0) is 6.54 Å². The molecule has 152 valence electrons. The quantitative estimate of drug-likeness (QED) is 0.211. The minimum atomic E-state index is 0.595. The highest BCUT2D eigenvalue weighted by molar-refractivity contribution is 4.92. The normalized spacial score (nSPS) is 12.8. The highest BCUT2D eigenvalue weighted by Crippen LogP contribution is 2.21. The lowest BCUT2D eigenvalue weighted by molar-refractivity contribution is -0.705. The number of hydrogen-bond donors (Lipinski definition) is 0. The molecule has 1 heterocycles. The molecule has 1 unspecified atom stereocenters. The van der Waals surface area contributed by atoms with Gasteiger partial charge in [0.1, 0.15) is 12.4 Å². The Balaban J connectivity index is 2.34. The first kappa shape index (κ1) is 23.2. The van der Waals surface area contributed by atoms with Crippen molar-refractivity contribution in [2.24, 2.45) is 0 Å². The zero-order valence-corrected chi connectivity index (χ0v) is 18.6. The van der Waals surface area contributed by atoms with Gasteiger partial charge in [-0.15, -0.1) is 0 Å². The predicted octanol–water partition coefficient (Wildman–Crippen LogP) is 7.57. The van der Waals surface area contributed by atoms with Crippen LogP contribution in [0.1, 0.15) is 136 Å². The van der Waals surface area contributed by atoms with Crippen LogP contribution in [0.5, 0.6) is 0 Å². The molecule has 0 radical (unpaired) electrons. The smallest absolute Gasteiger partial charge is 0.234 e. The summed E-state index contributed by atoms with van der Waals surface area (Å²) in [5.74, 6) is 2.11. The van der Waals surface area contributed by atoms with E-state index < -0.39 is 0 Å². The molecule has 0 saturated carbocycles. The Morgan fingerprint density at radius 2 is 1.31 bits per heavy atom. The molecule has 0 bridgehead atoms. The van der Waals surface area contributed by atoms with Crippen LogP contribution in [0.2, 0.25) is 0 Å². The average Bonchev–Trinajstić information content (AvgIpc) is 3.04. The predicted molar refractivity (Wildman–Crippen MR) is 115 cm³/mol. The van der Waals surface area contributed by atoms with E-state index in [0.717, 1.165) is 0 Å². The number of rotatable bonds is 16. The van der Waals surface area contributed by atoms with Gasteiger partial charge >= 0.3 is 0 Å². The Labute approximate surface area is 164 Å². The SMILES string of the molecule is CCCCCCCCCCCC(C)n1cc[n+](CCCCC)c1C(C)C. The third-order valence-electron chi connectivity index (χ3n) is 5.69. The van der Waals surface area contributed by atoms with Gasteiger partial charge in [-0.05, 0) is 32.6 Å². The van der Waals surface area contributed by atoms with Gasteiger partial charge < -0.3 is 0 Å². The van der Waals surface area contributed by atoms with Crippen molar-refractivity contribution < 1.29 is 4.57 Å². The summed E-state index contributed by atoms with van der Waals surface area (Å²) >= 11 is 0. The largest absolute Gasteiger partial charge is 0.259 e. The molecule has 1 aromatic rings. The van der Waals surface area contributed by atoms with Gasteiger partial charge in [0.25, 0.3) is 5.82 Å². The summed E-state index contributed by atoms with van der Waals surface area (Å²) in [5.41, 5.74) is 0. The van der Waals surface area contributed by atoms with E-state index in [-0.39, 0.29) is 0 Å². The van der Waals surface area contributed by atoms with E-state index in [2.05, 4.69) is 56.1 Å². The number of unbranched alkanes of at least 4 members (excludes halogenated alkanes) is 10. The van der Waals surface area contributed by atoms with E-state index >= 15 is 0 Å². The Kier molecular flexibility index (Phi) is 12.8. The maximum Gasteiger partial charge on any atom is 0.259 e. The van der Waals surface area contributed by atoms with Crippen LogP contribution in [0.15, 0.2) is 12.4 Å². The number of hydrogen-bond acceptors (Lipinski definition) is 0. The first-order valence-electron chi connectivity index (χ1n) is 11.7. The maximum absolute atomic E-state index is 2.56. The van der Waals surface area contributed by atoms with E-state index in [1.165, 1.54) is 95.8 Å². The van der Waals surface area contributed by atoms with Crippen molar-refractivity contribution >= 4 is 0 Å². The molecule has 1 atom stereocenters. The highest BCUT2D eigenvalue weighted by Gasteiger charge is 2.23. The van der Waals surface area contributed by atoms with E-state index in [1.807, 2.05) is 0 Å². The van der Waals surface area contributed by atoms with Crippen molar-refractivity contribution in [1.82, 2.24) is 4.57 Å². The summed E-state index contributed by atoms with van der Waals surface area (Å²) in [5, 5.41) is 0. The monoisotopic (exact) mass is 363 g/mol. The van der Waals surface area contributed by atoms with Gasteiger partial charge in [-0.1, -0.05) is 85.5 Å². The molecule has 26 heavy (non-hydrogen) atoms. The van der Waals surface area contributed by atoms with Crippen LogP contribution in [0.4, 0.5) is 0 Å². The average molecular weight is 364 g/mol. The van der Waals surface area contributed by atoms with Gasteiger partial charge in [-0.3, -0.25) is 0 Å². The van der Waals surface area contributed by atoms with Gasteiger partial charge in [0.05, 0.1) is 18.5 Å². The number of aryl methyl sites for hydroxylation is 1. The van der Waals surface area contributed by atoms with Crippen LogP contribution < -0.4 is 4.57 Å². The summed E-state index contributed by atoms with van der Waals surface area (Å²) < 4.78 is 5.06. The molecule has 0 aliphatic rings. The van der Waals surface area contributed by atoms with Crippen molar-refractivity contribution in [2.45, 2.75) is 137 Å². The van der Waals surface area contributed by atoms with Gasteiger partial charge in [0.15, 0.2) is 0 Å². The maximum atomic E-state index is 2.56. The first-order chi connectivity index (χ1) is 12.6. The van der Waals surface area contributed by atoms with Crippen molar-refractivity contribution in [3.8, 4) is 0 Å². The summed E-state index contributed by atoms with van der Waals surface area (Å²) in [4.78, 5) is 0. The van der Waals surface area contributed by atoms with Gasteiger partial charge in [0, 0.05) is 0 Å². The molecule has 0 N–H and O–H groups in total. The van der Waals surface area contributed by atoms with E-state index in [4.69, 9.17) is 0 Å². The lowest BCUT2D eigenvalue weighted by atomic mass is 10.0. The summed E-state index contributed by atoms with van der Waals surface area (Å²) in [7, 11) is 0. The lowest BCUT2D eigenvalue weighted by Gasteiger charge is -2.14. The Hall–Kier alpha value is -0.790. The molecule has 2 nitrogen and oxygen atoms in total. The zero-order chi connectivity index (χ0) is 19.2. The Morgan fingerprint density at radius 1 is 0.769 bits per heavy atom. The van der Waals surface area contributed by atoms with Crippen molar-refractivity contribution in [1.29, 1.82) is 0 Å². The Morgan fingerprint density at radius 3 is 1.88 bits per heavy atom. The minimum Gasteiger partial charge on any atom is -0.234 e. The molecule has 0 fully saturated rings. The van der Waals surface area contributed by atoms with Crippen LogP contribution in [0.3, 0.4) is 0 Å². The van der Waals surface area contributed by atoms with E-state index in [1.54, 1.807) is 0 Å². The lowest BCUT2D eigenvalue weighted by Crippen LogP contribution is -2.38. The fourth-order valence-electron chi connectivity index (χ4n) is 4.07. The molecule has 0 aromatic carbocycles. The molecule has 0 amide bonds. The van der Waals surface area contributed by atoms with Crippen LogP contribution >= 0.6 is 0 Å². The summed E-state index contributed by atoms with van der Waals surface area (Å²) in [6, 6.07) is 0.629. The van der Waals surface area contributed by atoms with Gasteiger partial charge in [-0.25, -0.2) is 9.13 Å². The van der Waals surface area contributed by atoms with Gasteiger partial charge in [-0.2, -0.15) is 0 Å². The third-order valence-corrected chi connectivity index (χ3v) is 5.69. The second-order valence-corrected chi connectivity index (χ2v) is 8.58. The summed E-state index contributed by atoms with van der Waals surface area (Å²) in [6.45, 7) is 12.8. The third kappa shape index (κ3) is 8.73. The topological polar surface area (TPSA) is 8.81 Å². The number of nitrogens with zero attached hydrogens (tertiary/aromatic N) is 2. The van der Waals surface area contributed by atoms with Crippen molar-refractivity contribution in [2.75, 3.05) is 0 Å². The van der Waals surface area contributed by atoms with E-state index in [0.29, 0.717) is 12.0 Å². The minimum absolute atomic E-state index is 0.595. The first-order valence-corrected chi connectivity index (χ1v) is 11.7. The fraction of sp³-hybridized carbons (Fsp3) is 0.875. The van der Waals surface area contributed by atoms with Crippen LogP contribution in [0.25, 0.3) is 0 Å². The second kappa shape index (κ2) is 14.3. The number of aromatic nitrogens is 2. The second-order valence-electron chi connectivity index (χ2n) is 8.58. The Bertz CT molecular complexity index is 447. The molecule has 1 aromatic heterocycles. The van der Waals surface area contributed by atoms with Crippen LogP contribution in [-0.4, -0.2) is 4.57 Å². The fourth-order valence-corrected chi connectivity index (χ4v) is 4.07. The molecular weight excluding hydrogens is 316 g/mol. The highest BCUT2D eigenvalue weighted by atomic mass is 15.2. The zero-order valence-electron chi connectivity index (χ0n) is 18.6.